The third-order valence-electron chi connectivity index (χ3n) is 2.56. The summed E-state index contributed by atoms with van der Waals surface area (Å²) in [5, 5.41) is 3.59. The number of hydrogen-bond acceptors (Lipinski definition) is 3. The zero-order valence-corrected chi connectivity index (χ0v) is 14.5. The number of nitrogens with two attached hydrogens (primary N) is 1. The molecule has 1 aromatic heterocycles. The molecule has 21 heavy (non-hydrogen) atoms. The van der Waals surface area contributed by atoms with E-state index in [1.165, 1.54) is 0 Å². The molecule has 0 amide bonds. The van der Waals surface area contributed by atoms with E-state index in [0.29, 0.717) is 17.5 Å². The van der Waals surface area contributed by atoms with E-state index in [0.717, 1.165) is 17.1 Å². The van der Waals surface area contributed by atoms with E-state index in [1.807, 2.05) is 30.3 Å². The lowest BCUT2D eigenvalue weighted by atomic mass is 10.3. The summed E-state index contributed by atoms with van der Waals surface area (Å²) in [6, 6.07) is 11.0. The van der Waals surface area contributed by atoms with E-state index in [2.05, 4.69) is 15.3 Å². The summed E-state index contributed by atoms with van der Waals surface area (Å²) >= 11 is 5.76. The Bertz CT molecular complexity index is 587. The second kappa shape index (κ2) is 8.68. The van der Waals surface area contributed by atoms with Gasteiger partial charge < -0.3 is 15.8 Å². The summed E-state index contributed by atoms with van der Waals surface area (Å²) in [6.07, 6.45) is 1.58. The van der Waals surface area contributed by atoms with Gasteiger partial charge in [0.1, 0.15) is 5.75 Å². The van der Waals surface area contributed by atoms with Gasteiger partial charge in [0.2, 0.25) is 0 Å². The second-order valence-electron chi connectivity index (χ2n) is 4.02. The Morgan fingerprint density at radius 2 is 2.00 bits per heavy atom. The number of ether oxygens (including phenoxy) is 1. The predicted molar refractivity (Wildman–Crippen MR) is 96.6 cm³/mol. The lowest BCUT2D eigenvalue weighted by molar-refractivity contribution is 0.415. The van der Waals surface area contributed by atoms with E-state index in [-0.39, 0.29) is 24.0 Å². The molecule has 2 aromatic rings. The number of anilines is 1. The van der Waals surface area contributed by atoms with Gasteiger partial charge in [-0.3, -0.25) is 4.98 Å². The summed E-state index contributed by atoms with van der Waals surface area (Å²) < 4.78 is 5.08. The number of pyridine rings is 1. The highest BCUT2D eigenvalue weighted by Crippen LogP contribution is 2.14. The highest BCUT2D eigenvalue weighted by molar-refractivity contribution is 14.0. The highest BCUT2D eigenvalue weighted by atomic mass is 127. The predicted octanol–water partition coefficient (Wildman–Crippen LogP) is 3.29. The van der Waals surface area contributed by atoms with Crippen LogP contribution in [0.2, 0.25) is 5.02 Å². The monoisotopic (exact) mass is 418 g/mol. The molecule has 112 valence electrons. The number of nitrogens with one attached hydrogen (secondary N) is 1. The van der Waals surface area contributed by atoms with E-state index in [4.69, 9.17) is 22.1 Å². The molecule has 0 unspecified atom stereocenters. The molecule has 2 rings (SSSR count). The number of rotatable bonds is 4. The van der Waals surface area contributed by atoms with Crippen molar-refractivity contribution >= 4 is 47.2 Å². The van der Waals surface area contributed by atoms with Crippen molar-refractivity contribution < 1.29 is 4.74 Å². The molecular weight excluding hydrogens is 403 g/mol. The summed E-state index contributed by atoms with van der Waals surface area (Å²) in [4.78, 5) is 8.35. The minimum atomic E-state index is 0. The SMILES string of the molecule is COc1ccc(NC(N)=NCc2ccc(Cl)cn2)cc1.I. The Morgan fingerprint density at radius 3 is 2.57 bits per heavy atom. The summed E-state index contributed by atoms with van der Waals surface area (Å²) in [7, 11) is 1.62. The van der Waals surface area contributed by atoms with Crippen LogP contribution in [0.1, 0.15) is 5.69 Å². The van der Waals surface area contributed by atoms with Crippen molar-refractivity contribution in [3.05, 3.63) is 53.3 Å². The molecule has 0 aliphatic rings. The van der Waals surface area contributed by atoms with E-state index in [1.54, 1.807) is 19.4 Å². The van der Waals surface area contributed by atoms with E-state index >= 15 is 0 Å². The van der Waals surface area contributed by atoms with Crippen molar-refractivity contribution in [3.63, 3.8) is 0 Å². The van der Waals surface area contributed by atoms with Gasteiger partial charge in [-0.1, -0.05) is 11.6 Å². The number of aromatic nitrogens is 1. The lowest BCUT2D eigenvalue weighted by Crippen LogP contribution is -2.22. The maximum atomic E-state index is 5.81. The number of benzene rings is 1. The highest BCUT2D eigenvalue weighted by Gasteiger charge is 1.97. The lowest BCUT2D eigenvalue weighted by Gasteiger charge is -2.06. The fraction of sp³-hybridized carbons (Fsp3) is 0.143. The number of methoxy groups -OCH3 is 1. The molecule has 5 nitrogen and oxygen atoms in total. The molecule has 7 heteroatoms. The minimum absolute atomic E-state index is 0. The van der Waals surface area contributed by atoms with Crippen LogP contribution in [0.3, 0.4) is 0 Å². The second-order valence-corrected chi connectivity index (χ2v) is 4.46. The first-order chi connectivity index (χ1) is 9.67. The number of nitrogens with zero attached hydrogens (tertiary/aromatic N) is 2. The largest absolute Gasteiger partial charge is 0.497 e. The van der Waals surface area contributed by atoms with Gasteiger partial charge >= 0.3 is 0 Å². The topological polar surface area (TPSA) is 72.5 Å². The summed E-state index contributed by atoms with van der Waals surface area (Å²) in [6.45, 7) is 0.395. The molecule has 0 radical (unpaired) electrons. The van der Waals surface area contributed by atoms with Crippen LogP contribution in [0, 0.1) is 0 Å². The first kappa shape index (κ1) is 17.5. The van der Waals surface area contributed by atoms with Gasteiger partial charge in [-0.05, 0) is 36.4 Å². The first-order valence-electron chi connectivity index (χ1n) is 5.99. The Morgan fingerprint density at radius 1 is 1.29 bits per heavy atom. The van der Waals surface area contributed by atoms with Gasteiger partial charge in [-0.15, -0.1) is 24.0 Å². The van der Waals surface area contributed by atoms with Crippen molar-refractivity contribution in [2.24, 2.45) is 10.7 Å². The molecule has 0 atom stereocenters. The molecular formula is C14H16ClIN4O. The Kier molecular flexibility index (Phi) is 7.24. The Hall–Kier alpha value is -1.54. The van der Waals surface area contributed by atoms with Crippen molar-refractivity contribution in [1.29, 1.82) is 0 Å². The molecule has 0 aliphatic heterocycles. The molecule has 0 spiro atoms. The first-order valence-corrected chi connectivity index (χ1v) is 6.36. The standard InChI is InChI=1S/C14H15ClN4O.HI/c1-20-13-6-4-11(5-7-13)19-14(16)18-9-12-3-2-10(15)8-17-12;/h2-8H,9H2,1H3,(H3,16,18,19);1H. The van der Waals surface area contributed by atoms with Crippen LogP contribution in [-0.2, 0) is 6.54 Å². The summed E-state index contributed by atoms with van der Waals surface area (Å²) in [5.74, 6) is 1.11. The van der Waals surface area contributed by atoms with Crippen LogP contribution in [0.5, 0.6) is 5.75 Å². The number of aliphatic imine (C=N–C) groups is 1. The van der Waals surface area contributed by atoms with Crippen LogP contribution < -0.4 is 15.8 Å². The van der Waals surface area contributed by atoms with Crippen LogP contribution >= 0.6 is 35.6 Å². The third kappa shape index (κ3) is 5.76. The van der Waals surface area contributed by atoms with Crippen molar-refractivity contribution in [2.45, 2.75) is 6.54 Å². The fourth-order valence-corrected chi connectivity index (χ4v) is 1.64. The van der Waals surface area contributed by atoms with Gasteiger partial charge in [-0.25, -0.2) is 4.99 Å². The minimum Gasteiger partial charge on any atom is -0.497 e. The molecule has 0 aliphatic carbocycles. The van der Waals surface area contributed by atoms with Gasteiger partial charge in [0.05, 0.1) is 24.4 Å². The van der Waals surface area contributed by atoms with Crippen LogP contribution in [0.25, 0.3) is 0 Å². The van der Waals surface area contributed by atoms with E-state index in [9.17, 15) is 0 Å². The van der Waals surface area contributed by atoms with Crippen molar-refractivity contribution in [1.82, 2.24) is 4.98 Å². The van der Waals surface area contributed by atoms with Crippen molar-refractivity contribution in [3.8, 4) is 5.75 Å². The normalized spacial score (nSPS) is 10.7. The average molecular weight is 419 g/mol. The number of halogens is 2. The molecule has 0 fully saturated rings. The Labute approximate surface area is 145 Å². The molecule has 0 saturated carbocycles. The van der Waals surface area contributed by atoms with Crippen LogP contribution in [0.15, 0.2) is 47.6 Å². The zero-order chi connectivity index (χ0) is 14.4. The van der Waals surface area contributed by atoms with Crippen LogP contribution in [0.4, 0.5) is 5.69 Å². The maximum absolute atomic E-state index is 5.81. The molecule has 0 bridgehead atoms. The van der Waals surface area contributed by atoms with Gasteiger partial charge in [0, 0.05) is 11.9 Å². The summed E-state index contributed by atoms with van der Waals surface area (Å²) in [5.41, 5.74) is 7.45. The number of hydrogen-bond donors (Lipinski definition) is 2. The van der Waals surface area contributed by atoms with E-state index < -0.39 is 0 Å². The van der Waals surface area contributed by atoms with Crippen molar-refractivity contribution in [2.75, 3.05) is 12.4 Å². The third-order valence-corrected chi connectivity index (χ3v) is 2.79. The van der Waals surface area contributed by atoms with Gasteiger partial charge in [-0.2, -0.15) is 0 Å². The molecule has 1 heterocycles. The molecule has 0 saturated heterocycles. The zero-order valence-electron chi connectivity index (χ0n) is 11.4. The molecule has 1 aromatic carbocycles. The van der Waals surface area contributed by atoms with Gasteiger partial charge in [0.25, 0.3) is 0 Å². The fourth-order valence-electron chi connectivity index (χ4n) is 1.53. The van der Waals surface area contributed by atoms with Gasteiger partial charge in [0.15, 0.2) is 5.96 Å². The maximum Gasteiger partial charge on any atom is 0.193 e. The smallest absolute Gasteiger partial charge is 0.193 e. The quantitative estimate of drug-likeness (QED) is 0.454. The van der Waals surface area contributed by atoms with Crippen LogP contribution in [-0.4, -0.2) is 18.1 Å². The number of guanidine groups is 1. The molecule has 3 N–H and O–H groups in total. The average Bonchev–Trinajstić information content (AvgIpc) is 2.47. The Balaban J connectivity index is 0.00000220.